The van der Waals surface area contributed by atoms with E-state index in [1.165, 1.54) is 31.5 Å². The summed E-state index contributed by atoms with van der Waals surface area (Å²) in [6, 6.07) is 16.8. The molecule has 1 atom stereocenters. The largest absolute Gasteiger partial charge is 0.356 e. The summed E-state index contributed by atoms with van der Waals surface area (Å²) in [6.07, 6.45) is 7.84. The molecule has 2 fully saturated rings. The van der Waals surface area contributed by atoms with Crippen LogP contribution in [0.4, 0.5) is 0 Å². The van der Waals surface area contributed by atoms with Gasteiger partial charge in [0.25, 0.3) is 0 Å². The average molecular weight is 389 g/mol. The molecule has 1 aliphatic carbocycles. The molecule has 1 saturated heterocycles. The van der Waals surface area contributed by atoms with Crippen molar-refractivity contribution in [3.05, 3.63) is 65.9 Å². The third-order valence-corrected chi connectivity index (χ3v) is 6.86. The second-order valence-electron chi connectivity index (χ2n) is 8.74. The zero-order chi connectivity index (χ0) is 19.7. The molecule has 0 spiro atoms. The van der Waals surface area contributed by atoms with Gasteiger partial charge >= 0.3 is 0 Å². The number of carbonyl (C=O) groups excluding carboxylic acids is 1. The smallest absolute Gasteiger partial charge is 0.166 e. The van der Waals surface area contributed by atoms with Crippen LogP contribution in [0.2, 0.25) is 0 Å². The van der Waals surface area contributed by atoms with Crippen LogP contribution in [0.5, 0.6) is 0 Å². The monoisotopic (exact) mass is 388 g/mol. The topological polar surface area (TPSA) is 46.3 Å². The molecule has 2 aromatic carbocycles. The molecule has 4 heteroatoms. The number of fused-ring (bicyclic) bond motifs is 1. The maximum Gasteiger partial charge on any atom is 0.166 e. The number of aromatic nitrogens is 1. The molecular formula is C25H28N2O2. The fraction of sp³-hybridized carbons (Fsp3) is 0.440. The van der Waals surface area contributed by atoms with Crippen molar-refractivity contribution in [1.29, 1.82) is 0 Å². The maximum absolute atomic E-state index is 13.3. The van der Waals surface area contributed by atoms with Crippen molar-refractivity contribution in [2.24, 2.45) is 0 Å². The summed E-state index contributed by atoms with van der Waals surface area (Å²) in [5.74, 6) is 0.824. The first-order valence-electron chi connectivity index (χ1n) is 10.9. The molecule has 0 N–H and O–H groups in total. The van der Waals surface area contributed by atoms with Crippen molar-refractivity contribution < 1.29 is 9.32 Å². The number of carbonyl (C=O) groups is 1. The van der Waals surface area contributed by atoms with Gasteiger partial charge in [0.15, 0.2) is 5.58 Å². The van der Waals surface area contributed by atoms with Gasteiger partial charge in [-0.05, 0) is 74.4 Å². The Morgan fingerprint density at radius 3 is 2.66 bits per heavy atom. The molecular weight excluding hydrogens is 360 g/mol. The Morgan fingerprint density at radius 1 is 1.10 bits per heavy atom. The predicted octanol–water partition coefficient (Wildman–Crippen LogP) is 5.09. The van der Waals surface area contributed by atoms with Crippen LogP contribution >= 0.6 is 0 Å². The van der Waals surface area contributed by atoms with Crippen LogP contribution in [0, 0.1) is 0 Å². The van der Waals surface area contributed by atoms with Gasteiger partial charge in [-0.2, -0.15) is 0 Å². The van der Waals surface area contributed by atoms with Crippen molar-refractivity contribution in [3.8, 4) is 0 Å². The summed E-state index contributed by atoms with van der Waals surface area (Å²) in [5.41, 5.74) is 3.00. The standard InChI is InChI=1S/C25H28N2O2/c28-24(25(12-13-25)22-9-10-23-21(16-22)17-26-29-23)11-8-20(18-27-14-4-5-15-27)19-6-2-1-3-7-19/h1-3,6-7,9-10,16-17,20H,4-5,8,11-15,18H2/t20-/m1/s1. The van der Waals surface area contributed by atoms with Gasteiger partial charge in [-0.25, -0.2) is 0 Å². The van der Waals surface area contributed by atoms with Crippen molar-refractivity contribution in [3.63, 3.8) is 0 Å². The number of nitrogens with zero attached hydrogens (tertiary/aromatic N) is 2. The Bertz CT molecular complexity index is 984. The molecule has 2 aliphatic rings. The lowest BCUT2D eigenvalue weighted by Gasteiger charge is -2.24. The molecule has 2 heterocycles. The van der Waals surface area contributed by atoms with Gasteiger partial charge in [-0.15, -0.1) is 0 Å². The minimum absolute atomic E-state index is 0.277. The number of likely N-dealkylation sites (tertiary alicyclic amines) is 1. The van der Waals surface area contributed by atoms with Gasteiger partial charge < -0.3 is 9.42 Å². The summed E-state index contributed by atoms with van der Waals surface area (Å²) < 4.78 is 5.22. The molecule has 0 amide bonds. The number of hydrogen-bond donors (Lipinski definition) is 0. The van der Waals surface area contributed by atoms with E-state index in [2.05, 4.69) is 52.5 Å². The maximum atomic E-state index is 13.3. The lowest BCUT2D eigenvalue weighted by molar-refractivity contribution is -0.121. The first kappa shape index (κ1) is 18.6. The van der Waals surface area contributed by atoms with Crippen LogP contribution in [0.3, 0.4) is 0 Å². The molecule has 1 saturated carbocycles. The Labute approximate surface area is 171 Å². The van der Waals surface area contributed by atoms with Crippen LogP contribution in [0.15, 0.2) is 59.3 Å². The Morgan fingerprint density at radius 2 is 1.90 bits per heavy atom. The van der Waals surface area contributed by atoms with Crippen LogP contribution < -0.4 is 0 Å². The highest BCUT2D eigenvalue weighted by Gasteiger charge is 2.50. The van der Waals surface area contributed by atoms with Gasteiger partial charge in [0, 0.05) is 18.4 Å². The lowest BCUT2D eigenvalue weighted by atomic mass is 9.85. The third-order valence-electron chi connectivity index (χ3n) is 6.86. The highest BCUT2D eigenvalue weighted by Crippen LogP contribution is 2.50. The minimum atomic E-state index is -0.277. The van der Waals surface area contributed by atoms with Crippen LogP contribution in [0.1, 0.15) is 55.6 Å². The van der Waals surface area contributed by atoms with E-state index >= 15 is 0 Å². The summed E-state index contributed by atoms with van der Waals surface area (Å²) in [4.78, 5) is 15.9. The molecule has 1 aromatic heterocycles. The van der Waals surface area contributed by atoms with Gasteiger partial charge in [0.1, 0.15) is 5.78 Å². The molecule has 29 heavy (non-hydrogen) atoms. The van der Waals surface area contributed by atoms with Crippen molar-refractivity contribution >= 4 is 16.8 Å². The molecule has 5 rings (SSSR count). The van der Waals surface area contributed by atoms with E-state index in [9.17, 15) is 4.79 Å². The van der Waals surface area contributed by atoms with E-state index < -0.39 is 0 Å². The molecule has 150 valence electrons. The summed E-state index contributed by atoms with van der Waals surface area (Å²) >= 11 is 0. The number of rotatable bonds is 8. The molecule has 0 unspecified atom stereocenters. The third kappa shape index (κ3) is 3.74. The zero-order valence-corrected chi connectivity index (χ0v) is 16.8. The first-order valence-corrected chi connectivity index (χ1v) is 10.9. The van der Waals surface area contributed by atoms with Crippen molar-refractivity contribution in [2.75, 3.05) is 19.6 Å². The summed E-state index contributed by atoms with van der Waals surface area (Å²) in [5, 5.41) is 4.85. The van der Waals surface area contributed by atoms with Gasteiger partial charge in [0.2, 0.25) is 0 Å². The van der Waals surface area contributed by atoms with Crippen LogP contribution in [-0.2, 0) is 10.2 Å². The number of hydrogen-bond acceptors (Lipinski definition) is 4. The molecule has 4 nitrogen and oxygen atoms in total. The van der Waals surface area contributed by atoms with Crippen molar-refractivity contribution in [1.82, 2.24) is 10.1 Å². The van der Waals surface area contributed by atoms with E-state index in [0.29, 0.717) is 18.1 Å². The normalized spacial score (nSPS) is 19.4. The second-order valence-corrected chi connectivity index (χ2v) is 8.74. The van der Waals surface area contributed by atoms with E-state index in [-0.39, 0.29) is 5.41 Å². The first-order chi connectivity index (χ1) is 14.2. The predicted molar refractivity (Wildman–Crippen MR) is 114 cm³/mol. The van der Waals surface area contributed by atoms with Crippen LogP contribution in [0.25, 0.3) is 11.0 Å². The Hall–Kier alpha value is -2.46. The summed E-state index contributed by atoms with van der Waals surface area (Å²) in [7, 11) is 0. The van der Waals surface area contributed by atoms with E-state index in [4.69, 9.17) is 4.52 Å². The van der Waals surface area contributed by atoms with Gasteiger partial charge in [-0.1, -0.05) is 41.6 Å². The highest BCUT2D eigenvalue weighted by molar-refractivity contribution is 5.94. The number of Topliss-reactive ketones (excluding diaryl/α,β-unsaturated/α-hetero) is 1. The second kappa shape index (κ2) is 7.75. The summed E-state index contributed by atoms with van der Waals surface area (Å²) in [6.45, 7) is 3.46. The van der Waals surface area contributed by atoms with Gasteiger partial charge in [-0.3, -0.25) is 4.79 Å². The van der Waals surface area contributed by atoms with E-state index in [1.807, 2.05) is 6.07 Å². The van der Waals surface area contributed by atoms with Crippen LogP contribution in [-0.4, -0.2) is 35.5 Å². The zero-order valence-electron chi connectivity index (χ0n) is 16.8. The van der Waals surface area contributed by atoms with E-state index in [0.717, 1.165) is 42.3 Å². The quantitative estimate of drug-likeness (QED) is 0.539. The fourth-order valence-corrected chi connectivity index (χ4v) is 4.93. The molecule has 3 aromatic rings. The highest BCUT2D eigenvalue weighted by atomic mass is 16.5. The average Bonchev–Trinajstić information content (AvgIpc) is 3.17. The lowest BCUT2D eigenvalue weighted by Crippen LogP contribution is -2.27. The minimum Gasteiger partial charge on any atom is -0.356 e. The SMILES string of the molecule is O=C(CC[C@H](CN1CCCC1)c1ccccc1)C1(c2ccc3oncc3c2)CC1. The van der Waals surface area contributed by atoms with Gasteiger partial charge in [0.05, 0.1) is 11.6 Å². The molecule has 0 radical (unpaired) electrons. The number of ketones is 1. The Kier molecular flexibility index (Phi) is 4.96. The molecule has 0 bridgehead atoms. The number of benzene rings is 2. The fourth-order valence-electron chi connectivity index (χ4n) is 4.93. The van der Waals surface area contributed by atoms with Crippen molar-refractivity contribution in [2.45, 2.75) is 49.9 Å². The molecule has 1 aliphatic heterocycles. The van der Waals surface area contributed by atoms with E-state index in [1.54, 1.807) is 6.20 Å². The Balaban J connectivity index is 1.30.